The molecule has 2 aliphatic carbocycles. The van der Waals surface area contributed by atoms with Crippen LogP contribution < -0.4 is 0 Å². The van der Waals surface area contributed by atoms with Crippen molar-refractivity contribution < 1.29 is 0 Å². The van der Waals surface area contributed by atoms with Crippen LogP contribution in [-0.4, -0.2) is 0 Å². The molecule has 0 aliphatic heterocycles. The van der Waals surface area contributed by atoms with Gasteiger partial charge in [0.25, 0.3) is 0 Å². The van der Waals surface area contributed by atoms with Gasteiger partial charge < -0.3 is 0 Å². The van der Waals surface area contributed by atoms with Crippen LogP contribution >= 0.6 is 0 Å². The minimum atomic E-state index is 0.733. The van der Waals surface area contributed by atoms with Crippen LogP contribution in [0.25, 0.3) is 0 Å². The molecule has 20 heavy (non-hydrogen) atoms. The maximum absolute atomic E-state index is 3.65. The molecule has 2 aliphatic rings. The van der Waals surface area contributed by atoms with Gasteiger partial charge in [0.1, 0.15) is 0 Å². The molecule has 0 heterocycles. The van der Waals surface area contributed by atoms with Crippen LogP contribution in [-0.2, 0) is 0 Å². The summed E-state index contributed by atoms with van der Waals surface area (Å²) in [4.78, 5) is 0. The second-order valence-electron chi connectivity index (χ2n) is 7.30. The fourth-order valence-corrected chi connectivity index (χ4v) is 4.24. The summed E-state index contributed by atoms with van der Waals surface area (Å²) in [5.74, 6) is 10.8. The van der Waals surface area contributed by atoms with Gasteiger partial charge in [0, 0.05) is 11.8 Å². The molecular weight excluding hydrogens is 240 g/mol. The van der Waals surface area contributed by atoms with Crippen molar-refractivity contribution in [1.29, 1.82) is 0 Å². The zero-order valence-electron chi connectivity index (χ0n) is 13.8. The highest BCUT2D eigenvalue weighted by molar-refractivity contribution is 5.09. The molecule has 0 saturated heterocycles. The second kappa shape index (κ2) is 8.76. The Morgan fingerprint density at radius 3 is 1.25 bits per heavy atom. The molecule has 2 saturated carbocycles. The molecular formula is C20H34. The molecule has 0 aromatic rings. The Morgan fingerprint density at radius 1 is 0.600 bits per heavy atom. The number of hydrogen-bond donors (Lipinski definition) is 0. The number of hydrogen-bond acceptors (Lipinski definition) is 0. The first-order valence-electron chi connectivity index (χ1n) is 9.32. The normalized spacial score (nSPS) is 34.3. The maximum atomic E-state index is 3.65. The topological polar surface area (TPSA) is 0 Å². The van der Waals surface area contributed by atoms with Gasteiger partial charge in [0.15, 0.2) is 0 Å². The van der Waals surface area contributed by atoms with E-state index in [1.807, 2.05) is 0 Å². The molecule has 114 valence electrons. The van der Waals surface area contributed by atoms with Crippen LogP contribution in [0.2, 0.25) is 0 Å². The van der Waals surface area contributed by atoms with Gasteiger partial charge in [-0.15, -0.1) is 0 Å². The fraction of sp³-hybridized carbons (Fsp3) is 0.900. The zero-order chi connectivity index (χ0) is 14.2. The fourth-order valence-electron chi connectivity index (χ4n) is 4.24. The van der Waals surface area contributed by atoms with Gasteiger partial charge in [-0.2, -0.15) is 0 Å². The summed E-state index contributed by atoms with van der Waals surface area (Å²) in [5.41, 5.74) is 0. The van der Waals surface area contributed by atoms with E-state index in [1.54, 1.807) is 0 Å². The average Bonchev–Trinajstić information content (AvgIpc) is 2.49. The van der Waals surface area contributed by atoms with Gasteiger partial charge in [-0.3, -0.25) is 0 Å². The van der Waals surface area contributed by atoms with Crippen molar-refractivity contribution >= 4 is 0 Å². The molecule has 2 fully saturated rings. The lowest BCUT2D eigenvalue weighted by molar-refractivity contribution is 0.294. The first-order valence-corrected chi connectivity index (χ1v) is 9.32. The van der Waals surface area contributed by atoms with E-state index in [-0.39, 0.29) is 0 Å². The highest BCUT2D eigenvalue weighted by Gasteiger charge is 2.21. The monoisotopic (exact) mass is 274 g/mol. The summed E-state index contributed by atoms with van der Waals surface area (Å²) in [6.07, 6.45) is 16.9. The number of rotatable bonds is 4. The predicted octanol–water partition coefficient (Wildman–Crippen LogP) is 6.20. The van der Waals surface area contributed by atoms with E-state index in [4.69, 9.17) is 0 Å². The Hall–Kier alpha value is -0.440. The molecule has 2 rings (SSSR count). The van der Waals surface area contributed by atoms with E-state index in [0.717, 1.165) is 23.7 Å². The molecule has 0 bridgehead atoms. The largest absolute Gasteiger partial charge is 0.0996 e. The van der Waals surface area contributed by atoms with Crippen LogP contribution in [0.4, 0.5) is 0 Å². The minimum absolute atomic E-state index is 0.733. The van der Waals surface area contributed by atoms with Crippen molar-refractivity contribution in [1.82, 2.24) is 0 Å². The van der Waals surface area contributed by atoms with Crippen molar-refractivity contribution in [3.8, 4) is 11.8 Å². The molecule has 0 unspecified atom stereocenters. The lowest BCUT2D eigenvalue weighted by Gasteiger charge is -2.26. The highest BCUT2D eigenvalue weighted by atomic mass is 14.3. The summed E-state index contributed by atoms with van der Waals surface area (Å²) in [6.45, 7) is 4.64. The van der Waals surface area contributed by atoms with Crippen LogP contribution in [0.3, 0.4) is 0 Å². The quantitative estimate of drug-likeness (QED) is 0.535. The molecule has 0 aromatic carbocycles. The molecule has 0 spiro atoms. The smallest absolute Gasteiger partial charge is 0.0203 e. The SMILES string of the molecule is CCCC1CCC(C#CC2CCC(CCC)CC2)CC1. The molecule has 0 atom stereocenters. The van der Waals surface area contributed by atoms with Gasteiger partial charge in [-0.1, -0.05) is 51.4 Å². The van der Waals surface area contributed by atoms with Crippen molar-refractivity contribution in [2.45, 2.75) is 90.9 Å². The third kappa shape index (κ3) is 5.16. The lowest BCUT2D eigenvalue weighted by atomic mass is 9.78. The molecule has 0 radical (unpaired) electrons. The van der Waals surface area contributed by atoms with Crippen LogP contribution in [0, 0.1) is 35.5 Å². The Balaban J connectivity index is 1.68. The molecule has 0 amide bonds. The van der Waals surface area contributed by atoms with Gasteiger partial charge >= 0.3 is 0 Å². The van der Waals surface area contributed by atoms with E-state index in [9.17, 15) is 0 Å². The van der Waals surface area contributed by atoms with Gasteiger partial charge in [-0.05, 0) is 63.2 Å². The summed E-state index contributed by atoms with van der Waals surface area (Å²) in [7, 11) is 0. The van der Waals surface area contributed by atoms with Crippen molar-refractivity contribution in [3.05, 3.63) is 0 Å². The molecule has 0 nitrogen and oxygen atoms in total. The first kappa shape index (κ1) is 15.9. The Morgan fingerprint density at radius 2 is 0.950 bits per heavy atom. The van der Waals surface area contributed by atoms with Crippen molar-refractivity contribution in [3.63, 3.8) is 0 Å². The van der Waals surface area contributed by atoms with E-state index >= 15 is 0 Å². The third-order valence-corrected chi connectivity index (χ3v) is 5.58. The van der Waals surface area contributed by atoms with Crippen LogP contribution in [0.15, 0.2) is 0 Å². The van der Waals surface area contributed by atoms with Crippen molar-refractivity contribution in [2.24, 2.45) is 23.7 Å². The highest BCUT2D eigenvalue weighted by Crippen LogP contribution is 2.33. The van der Waals surface area contributed by atoms with E-state index in [2.05, 4.69) is 25.7 Å². The van der Waals surface area contributed by atoms with E-state index < -0.39 is 0 Å². The molecule has 0 N–H and O–H groups in total. The van der Waals surface area contributed by atoms with Crippen LogP contribution in [0.5, 0.6) is 0 Å². The van der Waals surface area contributed by atoms with Gasteiger partial charge in [0.2, 0.25) is 0 Å². The Labute approximate surface area is 127 Å². The Bertz CT molecular complexity index is 273. The second-order valence-corrected chi connectivity index (χ2v) is 7.30. The summed E-state index contributed by atoms with van der Waals surface area (Å²) >= 11 is 0. The van der Waals surface area contributed by atoms with Crippen LogP contribution in [0.1, 0.15) is 90.9 Å². The summed E-state index contributed by atoms with van der Waals surface area (Å²) in [6, 6.07) is 0. The maximum Gasteiger partial charge on any atom is 0.0203 e. The van der Waals surface area contributed by atoms with Crippen molar-refractivity contribution in [2.75, 3.05) is 0 Å². The van der Waals surface area contributed by atoms with E-state index in [0.29, 0.717) is 0 Å². The molecule has 0 aromatic heterocycles. The third-order valence-electron chi connectivity index (χ3n) is 5.58. The predicted molar refractivity (Wildman–Crippen MR) is 88.5 cm³/mol. The standard InChI is InChI=1S/C20H34/c1-3-5-17-7-11-19(12-8-17)15-16-20-13-9-18(6-4-2)10-14-20/h17-20H,3-14H2,1-2H3. The zero-order valence-corrected chi connectivity index (χ0v) is 13.8. The summed E-state index contributed by atoms with van der Waals surface area (Å²) < 4.78 is 0. The summed E-state index contributed by atoms with van der Waals surface area (Å²) in [5, 5.41) is 0. The molecule has 0 heteroatoms. The average molecular weight is 274 g/mol. The lowest BCUT2D eigenvalue weighted by Crippen LogP contribution is -2.15. The van der Waals surface area contributed by atoms with E-state index in [1.165, 1.54) is 77.0 Å². The Kier molecular flexibility index (Phi) is 6.98. The van der Waals surface area contributed by atoms with Gasteiger partial charge in [-0.25, -0.2) is 0 Å². The minimum Gasteiger partial charge on any atom is -0.0996 e. The van der Waals surface area contributed by atoms with Gasteiger partial charge in [0.05, 0.1) is 0 Å². The first-order chi connectivity index (χ1) is 9.81.